The predicted octanol–water partition coefficient (Wildman–Crippen LogP) is 5.49. The highest BCUT2D eigenvalue weighted by molar-refractivity contribution is 7.14. The topological polar surface area (TPSA) is 88.2 Å². The SMILES string of the molecule is CC(=O)NC(C)c1ccc(-c2csc(NC(=O)c3ccccc3C(=O)c3ccccc3)n2)cc1. The molecule has 0 fully saturated rings. The van der Waals surface area contributed by atoms with E-state index in [4.69, 9.17) is 0 Å². The van der Waals surface area contributed by atoms with Crippen LogP contribution < -0.4 is 10.6 Å². The number of rotatable bonds is 7. The van der Waals surface area contributed by atoms with Crippen LogP contribution in [-0.4, -0.2) is 22.6 Å². The second-order valence-electron chi connectivity index (χ2n) is 7.78. The maximum atomic E-state index is 13.0. The van der Waals surface area contributed by atoms with Crippen molar-refractivity contribution in [1.82, 2.24) is 10.3 Å². The summed E-state index contributed by atoms with van der Waals surface area (Å²) in [6, 6.07) is 23.3. The fourth-order valence-electron chi connectivity index (χ4n) is 3.58. The highest BCUT2D eigenvalue weighted by Crippen LogP contribution is 2.27. The van der Waals surface area contributed by atoms with Crippen molar-refractivity contribution >= 4 is 34.1 Å². The van der Waals surface area contributed by atoms with Crippen LogP contribution in [0.3, 0.4) is 0 Å². The van der Waals surface area contributed by atoms with Gasteiger partial charge in [-0.3, -0.25) is 19.7 Å². The lowest BCUT2D eigenvalue weighted by Crippen LogP contribution is -2.23. The number of nitrogens with zero attached hydrogens (tertiary/aromatic N) is 1. The number of carbonyl (C=O) groups excluding carboxylic acids is 3. The van der Waals surface area contributed by atoms with Gasteiger partial charge in [0.15, 0.2) is 10.9 Å². The van der Waals surface area contributed by atoms with E-state index < -0.39 is 0 Å². The van der Waals surface area contributed by atoms with Crippen molar-refractivity contribution in [3.05, 3.63) is 106 Å². The van der Waals surface area contributed by atoms with E-state index in [9.17, 15) is 14.4 Å². The molecule has 0 aliphatic rings. The monoisotopic (exact) mass is 469 g/mol. The Bertz CT molecular complexity index is 1330. The van der Waals surface area contributed by atoms with Crippen LogP contribution in [0.1, 0.15) is 51.7 Å². The number of benzene rings is 3. The minimum atomic E-state index is -0.389. The molecular formula is C27H23N3O3S. The molecule has 6 nitrogen and oxygen atoms in total. The Morgan fingerprint density at radius 2 is 1.50 bits per heavy atom. The van der Waals surface area contributed by atoms with Crippen LogP contribution in [0.2, 0.25) is 0 Å². The summed E-state index contributed by atoms with van der Waals surface area (Å²) in [6.45, 7) is 3.42. The summed E-state index contributed by atoms with van der Waals surface area (Å²) in [5.74, 6) is -0.677. The van der Waals surface area contributed by atoms with Gasteiger partial charge in [-0.2, -0.15) is 0 Å². The molecule has 1 atom stereocenters. The van der Waals surface area contributed by atoms with E-state index in [2.05, 4.69) is 15.6 Å². The second kappa shape index (κ2) is 10.2. The number of ketones is 1. The molecule has 170 valence electrons. The first kappa shape index (κ1) is 23.1. The molecule has 7 heteroatoms. The van der Waals surface area contributed by atoms with Crippen molar-refractivity contribution in [2.75, 3.05) is 5.32 Å². The standard InChI is InChI=1S/C27H23N3O3S/c1-17(28-18(2)31)19-12-14-20(15-13-19)24-16-34-27(29-24)30-26(33)23-11-7-6-10-22(23)25(32)21-8-4-3-5-9-21/h3-17H,1-2H3,(H,28,31)(H,29,30,33). The lowest BCUT2D eigenvalue weighted by molar-refractivity contribution is -0.119. The Hall–Kier alpha value is -4.10. The number of aromatic nitrogens is 1. The summed E-state index contributed by atoms with van der Waals surface area (Å²) >= 11 is 1.31. The van der Waals surface area contributed by atoms with E-state index in [0.29, 0.717) is 21.8 Å². The summed E-state index contributed by atoms with van der Waals surface area (Å²) in [5.41, 5.74) is 3.78. The number of hydrogen-bond donors (Lipinski definition) is 2. The molecule has 0 spiro atoms. The van der Waals surface area contributed by atoms with Crippen molar-refractivity contribution in [2.45, 2.75) is 19.9 Å². The van der Waals surface area contributed by atoms with Gasteiger partial charge in [0.2, 0.25) is 5.91 Å². The summed E-state index contributed by atoms with van der Waals surface area (Å²) in [6.07, 6.45) is 0. The summed E-state index contributed by atoms with van der Waals surface area (Å²) in [4.78, 5) is 41.7. The third-order valence-corrected chi connectivity index (χ3v) is 6.06. The molecular weight excluding hydrogens is 446 g/mol. The first-order valence-corrected chi connectivity index (χ1v) is 11.6. The normalized spacial score (nSPS) is 11.5. The molecule has 2 amide bonds. The summed E-state index contributed by atoms with van der Waals surface area (Å²) in [5, 5.41) is 7.98. The van der Waals surface area contributed by atoms with Crippen LogP contribution >= 0.6 is 11.3 Å². The fraction of sp³-hybridized carbons (Fsp3) is 0.111. The Kier molecular flexibility index (Phi) is 6.94. The minimum Gasteiger partial charge on any atom is -0.350 e. The molecule has 0 saturated heterocycles. The maximum absolute atomic E-state index is 13.0. The highest BCUT2D eigenvalue weighted by atomic mass is 32.1. The Morgan fingerprint density at radius 1 is 0.853 bits per heavy atom. The molecule has 3 aromatic carbocycles. The van der Waals surface area contributed by atoms with Crippen LogP contribution in [0.4, 0.5) is 5.13 Å². The molecule has 34 heavy (non-hydrogen) atoms. The molecule has 0 aliphatic carbocycles. The molecule has 1 heterocycles. The van der Waals surface area contributed by atoms with Crippen LogP contribution in [-0.2, 0) is 4.79 Å². The minimum absolute atomic E-state index is 0.0801. The largest absolute Gasteiger partial charge is 0.350 e. The predicted molar refractivity (Wildman–Crippen MR) is 134 cm³/mol. The van der Waals surface area contributed by atoms with Gasteiger partial charge in [0.25, 0.3) is 5.91 Å². The number of anilines is 1. The smallest absolute Gasteiger partial charge is 0.258 e. The maximum Gasteiger partial charge on any atom is 0.258 e. The molecule has 0 aliphatic heterocycles. The lowest BCUT2D eigenvalue weighted by Gasteiger charge is -2.13. The third kappa shape index (κ3) is 5.27. The summed E-state index contributed by atoms with van der Waals surface area (Å²) in [7, 11) is 0. The van der Waals surface area contributed by atoms with Gasteiger partial charge in [0, 0.05) is 29.0 Å². The quantitative estimate of drug-likeness (QED) is 0.350. The van der Waals surface area contributed by atoms with Crippen molar-refractivity contribution in [3.8, 4) is 11.3 Å². The van der Waals surface area contributed by atoms with Crippen LogP contribution in [0.25, 0.3) is 11.3 Å². The van der Waals surface area contributed by atoms with Crippen LogP contribution in [0.15, 0.2) is 84.2 Å². The second-order valence-corrected chi connectivity index (χ2v) is 8.64. The molecule has 2 N–H and O–H groups in total. The first-order valence-electron chi connectivity index (χ1n) is 10.8. The lowest BCUT2D eigenvalue weighted by atomic mass is 9.98. The Morgan fingerprint density at radius 3 is 2.18 bits per heavy atom. The van der Waals surface area contributed by atoms with Gasteiger partial charge in [-0.25, -0.2) is 4.98 Å². The van der Waals surface area contributed by atoms with E-state index in [1.54, 1.807) is 48.5 Å². The van der Waals surface area contributed by atoms with Gasteiger partial charge in [0.1, 0.15) is 0 Å². The van der Waals surface area contributed by atoms with Gasteiger partial charge in [-0.1, -0.05) is 72.8 Å². The zero-order valence-corrected chi connectivity index (χ0v) is 19.6. The van der Waals surface area contributed by atoms with Crippen molar-refractivity contribution < 1.29 is 14.4 Å². The Labute approximate surface area is 201 Å². The molecule has 0 radical (unpaired) electrons. The first-order chi connectivity index (χ1) is 16.4. The van der Waals surface area contributed by atoms with Crippen LogP contribution in [0, 0.1) is 0 Å². The number of carbonyl (C=O) groups is 3. The Balaban J connectivity index is 1.50. The summed E-state index contributed by atoms with van der Waals surface area (Å²) < 4.78 is 0. The zero-order chi connectivity index (χ0) is 24.1. The van der Waals surface area contributed by atoms with Gasteiger partial charge in [-0.05, 0) is 18.6 Å². The molecule has 1 aromatic heterocycles. The van der Waals surface area contributed by atoms with Crippen LogP contribution in [0.5, 0.6) is 0 Å². The average Bonchev–Trinajstić information content (AvgIpc) is 3.32. The van der Waals surface area contributed by atoms with E-state index in [-0.39, 0.29) is 23.6 Å². The van der Waals surface area contributed by atoms with E-state index >= 15 is 0 Å². The highest BCUT2D eigenvalue weighted by Gasteiger charge is 2.19. The number of hydrogen-bond acceptors (Lipinski definition) is 5. The van der Waals surface area contributed by atoms with Gasteiger partial charge in [-0.15, -0.1) is 11.3 Å². The average molecular weight is 470 g/mol. The molecule has 0 bridgehead atoms. The van der Waals surface area contributed by atoms with E-state index in [0.717, 1.165) is 16.8 Å². The molecule has 4 aromatic rings. The van der Waals surface area contributed by atoms with Crippen molar-refractivity contribution in [2.24, 2.45) is 0 Å². The van der Waals surface area contributed by atoms with Crippen molar-refractivity contribution in [1.29, 1.82) is 0 Å². The number of thiazole rings is 1. The van der Waals surface area contributed by atoms with E-state index in [1.165, 1.54) is 18.3 Å². The van der Waals surface area contributed by atoms with Crippen molar-refractivity contribution in [3.63, 3.8) is 0 Å². The number of nitrogens with one attached hydrogen (secondary N) is 2. The fourth-order valence-corrected chi connectivity index (χ4v) is 4.30. The zero-order valence-electron chi connectivity index (χ0n) is 18.7. The van der Waals surface area contributed by atoms with Gasteiger partial charge >= 0.3 is 0 Å². The van der Waals surface area contributed by atoms with Gasteiger partial charge in [0.05, 0.1) is 17.3 Å². The molecule has 1 unspecified atom stereocenters. The molecule has 4 rings (SSSR count). The van der Waals surface area contributed by atoms with Gasteiger partial charge < -0.3 is 5.32 Å². The third-order valence-electron chi connectivity index (χ3n) is 5.30. The van der Waals surface area contributed by atoms with E-state index in [1.807, 2.05) is 42.6 Å². The number of amides is 2. The molecule has 0 saturated carbocycles.